The van der Waals surface area contributed by atoms with Gasteiger partial charge in [-0.3, -0.25) is 0 Å². The molecule has 1 atom stereocenters. The van der Waals surface area contributed by atoms with Crippen LogP contribution in [-0.4, -0.2) is 35.2 Å². The fraction of sp³-hybridized carbons (Fsp3) is 0.631. The molecular weight excluding hydrogens is 941 g/mol. The predicted molar refractivity (Wildman–Crippen MR) is 338 cm³/mol. The summed E-state index contributed by atoms with van der Waals surface area (Å²) in [6, 6.07) is 54.9. The molecule has 396 valence electrons. The van der Waals surface area contributed by atoms with Crippen molar-refractivity contribution in [1.82, 2.24) is 4.44 Å². The second-order valence-electron chi connectivity index (χ2n) is 22.3. The third-order valence-electron chi connectivity index (χ3n) is 16.8. The van der Waals surface area contributed by atoms with Crippen LogP contribution in [-0.2, 0) is 0 Å². The molecule has 4 aromatic rings. The van der Waals surface area contributed by atoms with Crippen LogP contribution < -0.4 is 36.8 Å². The minimum absolute atomic E-state index is 0.828. The lowest BCUT2D eigenvalue weighted by Gasteiger charge is -2.40. The Morgan fingerprint density at radius 2 is 0.563 bits per heavy atom. The van der Waals surface area contributed by atoms with Gasteiger partial charge in [0.15, 0.2) is 0 Å². The van der Waals surface area contributed by atoms with Crippen LogP contribution in [0.25, 0.3) is 0 Å². The Morgan fingerprint density at radius 3 is 0.817 bits per heavy atom. The molecule has 0 N–H and O–H groups in total. The topological polar surface area (TPSA) is 3.24 Å². The number of unbranched alkanes of at least 4 members (excludes halogenated alkanes) is 10. The van der Waals surface area contributed by atoms with Crippen LogP contribution in [0.2, 0.25) is 54.4 Å². The SMILES string of the molecule is CCCCN(P(c1ccc([Si](CCCC)(CCCC)CCCC)cc1)c1ccc([Si](CCCC)(CCCC)CCCC)cc1)P(c1ccc([Si](CCCC)(CCCC)CCCC)cc1)c1ccccc1C. The summed E-state index contributed by atoms with van der Waals surface area (Å²) in [5, 5.41) is 11.5. The van der Waals surface area contributed by atoms with E-state index in [0.29, 0.717) is 0 Å². The van der Waals surface area contributed by atoms with Crippen molar-refractivity contribution in [3.8, 4) is 0 Å². The molecule has 0 aromatic heterocycles. The van der Waals surface area contributed by atoms with Crippen molar-refractivity contribution in [3.05, 3.63) is 103 Å². The second-order valence-corrected chi connectivity index (χ2v) is 40.7. The van der Waals surface area contributed by atoms with Crippen molar-refractivity contribution in [1.29, 1.82) is 0 Å². The van der Waals surface area contributed by atoms with E-state index in [1.807, 2.05) is 0 Å². The average molecular weight is 1050 g/mol. The zero-order valence-electron chi connectivity index (χ0n) is 48.3. The Kier molecular flexibility index (Phi) is 29.7. The molecule has 6 heteroatoms. The van der Waals surface area contributed by atoms with E-state index in [9.17, 15) is 0 Å². The maximum absolute atomic E-state index is 3.12. The predicted octanol–water partition coefficient (Wildman–Crippen LogP) is 18.7. The van der Waals surface area contributed by atoms with Crippen LogP contribution in [0.5, 0.6) is 0 Å². The van der Waals surface area contributed by atoms with Crippen LogP contribution in [0.4, 0.5) is 0 Å². The smallest absolute Gasteiger partial charge is 0.0867 e. The Bertz CT molecular complexity index is 1840. The van der Waals surface area contributed by atoms with E-state index >= 15 is 0 Å². The number of rotatable bonds is 39. The van der Waals surface area contributed by atoms with Crippen LogP contribution >= 0.6 is 16.1 Å². The normalized spacial score (nSPS) is 12.9. The van der Waals surface area contributed by atoms with E-state index in [0.717, 1.165) is 6.54 Å². The van der Waals surface area contributed by atoms with Crippen molar-refractivity contribution in [2.75, 3.05) is 6.54 Å². The van der Waals surface area contributed by atoms with Crippen molar-refractivity contribution < 1.29 is 0 Å². The highest BCUT2D eigenvalue weighted by Gasteiger charge is 2.38. The lowest BCUT2D eigenvalue weighted by atomic mass is 10.2. The molecule has 1 nitrogen and oxygen atoms in total. The molecule has 0 saturated heterocycles. The van der Waals surface area contributed by atoms with Gasteiger partial charge < -0.3 is 0 Å². The molecule has 0 heterocycles. The van der Waals surface area contributed by atoms with Gasteiger partial charge in [0.05, 0.1) is 24.2 Å². The maximum atomic E-state index is 3.12. The quantitative estimate of drug-likeness (QED) is 0.0318. The summed E-state index contributed by atoms with van der Waals surface area (Å²) < 4.78 is 3.12. The Labute approximate surface area is 447 Å². The minimum Gasteiger partial charge on any atom is -0.245 e. The first-order valence-electron chi connectivity index (χ1n) is 30.4. The zero-order chi connectivity index (χ0) is 51.4. The molecular formula is C65H109NP2Si3. The van der Waals surface area contributed by atoms with Gasteiger partial charge in [-0.15, -0.1) is 0 Å². The standard InChI is InChI=1S/C65H109NP2Si3/c1-12-22-48-66(68(65-35-33-32-34-58(65)11)61-40-46-64(47-41-61)71(55-29-19-8,56-30-20-9)57-31-21-10)67(59-36-42-62(43-37-59)69(49-23-13-2,50-24-14-3)51-25-15-4)60-38-44-63(45-39-60)70(52-26-16-5,53-27-17-6)54-28-18-7/h32-47H,12-31,48-57H2,1-11H3. The summed E-state index contributed by atoms with van der Waals surface area (Å²) in [7, 11) is -6.63. The lowest BCUT2D eigenvalue weighted by Crippen LogP contribution is -2.48. The van der Waals surface area contributed by atoms with E-state index in [1.165, 1.54) is 188 Å². The highest BCUT2D eigenvalue weighted by Crippen LogP contribution is 2.55. The Balaban J connectivity index is 2.06. The van der Waals surface area contributed by atoms with Crippen LogP contribution in [0.1, 0.15) is 203 Å². The molecule has 0 aliphatic heterocycles. The summed E-state index contributed by atoms with van der Waals surface area (Å²) >= 11 is 0. The van der Waals surface area contributed by atoms with Gasteiger partial charge in [0.1, 0.15) is 0 Å². The molecule has 4 rings (SSSR count). The summed E-state index contributed by atoms with van der Waals surface area (Å²) in [6.07, 6.45) is 26.6. The number of hydrogen-bond acceptors (Lipinski definition) is 1. The Hall–Kier alpha value is -1.65. The summed E-state index contributed by atoms with van der Waals surface area (Å²) in [5.74, 6) is 0. The fourth-order valence-electron chi connectivity index (χ4n) is 12.1. The van der Waals surface area contributed by atoms with Crippen molar-refractivity contribution in [2.45, 2.75) is 259 Å². The zero-order valence-corrected chi connectivity index (χ0v) is 53.1. The molecule has 0 spiro atoms. The minimum atomic E-state index is -1.66. The van der Waals surface area contributed by atoms with Gasteiger partial charge in [-0.25, -0.2) is 4.44 Å². The Morgan fingerprint density at radius 1 is 0.310 bits per heavy atom. The molecule has 1 unspecified atom stereocenters. The molecule has 0 aliphatic carbocycles. The van der Waals surface area contributed by atoms with E-state index in [4.69, 9.17) is 0 Å². The molecule has 71 heavy (non-hydrogen) atoms. The van der Waals surface area contributed by atoms with Crippen LogP contribution in [0.15, 0.2) is 97.1 Å². The van der Waals surface area contributed by atoms with Crippen LogP contribution in [0, 0.1) is 6.92 Å². The fourth-order valence-corrected chi connectivity index (χ4v) is 35.0. The first-order valence-corrected chi connectivity index (χ1v) is 40.9. The summed E-state index contributed by atoms with van der Waals surface area (Å²) in [6.45, 7) is 27.7. The number of hydrogen-bond donors (Lipinski definition) is 0. The highest BCUT2D eigenvalue weighted by molar-refractivity contribution is 7.84. The van der Waals surface area contributed by atoms with Gasteiger partial charge in [0.25, 0.3) is 0 Å². The van der Waals surface area contributed by atoms with Gasteiger partial charge >= 0.3 is 0 Å². The van der Waals surface area contributed by atoms with Gasteiger partial charge in [0.2, 0.25) is 0 Å². The molecule has 0 aliphatic rings. The van der Waals surface area contributed by atoms with E-state index in [1.54, 1.807) is 36.8 Å². The summed E-state index contributed by atoms with van der Waals surface area (Å²) in [5.41, 5.74) is 1.44. The number of benzene rings is 4. The largest absolute Gasteiger partial charge is 0.245 e. The highest BCUT2D eigenvalue weighted by atomic mass is 31.2. The lowest BCUT2D eigenvalue weighted by molar-refractivity contribution is 0.646. The number of aryl methyl sites for hydroxylation is 1. The van der Waals surface area contributed by atoms with Crippen molar-refractivity contribution in [3.63, 3.8) is 0 Å². The second kappa shape index (κ2) is 34.1. The average Bonchev–Trinajstić information content (AvgIpc) is 3.41. The molecule has 0 bridgehead atoms. The summed E-state index contributed by atoms with van der Waals surface area (Å²) in [4.78, 5) is 0. The van der Waals surface area contributed by atoms with Gasteiger partial charge in [-0.1, -0.05) is 358 Å². The first-order chi connectivity index (χ1) is 34.7. The van der Waals surface area contributed by atoms with Crippen molar-refractivity contribution >= 4 is 77.1 Å². The molecule has 0 saturated carbocycles. The van der Waals surface area contributed by atoms with Gasteiger partial charge in [-0.2, -0.15) is 0 Å². The van der Waals surface area contributed by atoms with Crippen LogP contribution in [0.3, 0.4) is 0 Å². The molecule has 0 fully saturated rings. The third-order valence-corrected chi connectivity index (χ3v) is 39.0. The molecule has 0 amide bonds. The van der Waals surface area contributed by atoms with E-state index < -0.39 is 40.4 Å². The molecule has 4 aromatic carbocycles. The monoisotopic (exact) mass is 1050 g/mol. The van der Waals surface area contributed by atoms with Gasteiger partial charge in [0, 0.05) is 22.7 Å². The first kappa shape index (κ1) is 61.9. The van der Waals surface area contributed by atoms with E-state index in [-0.39, 0.29) is 0 Å². The number of nitrogens with zero attached hydrogens (tertiary/aromatic N) is 1. The maximum Gasteiger partial charge on any atom is 0.0867 e. The van der Waals surface area contributed by atoms with Crippen molar-refractivity contribution in [2.24, 2.45) is 0 Å². The third kappa shape index (κ3) is 17.7. The van der Waals surface area contributed by atoms with Gasteiger partial charge in [-0.05, 0) is 40.1 Å². The van der Waals surface area contributed by atoms with E-state index in [2.05, 4.69) is 178 Å². The molecule has 0 radical (unpaired) electrons.